The molecular formula is C45H91F4N5O17. The molecule has 0 aliphatic heterocycles. The second-order valence-corrected chi connectivity index (χ2v) is 19.1. The smallest absolute Gasteiger partial charge is 0.270 e. The summed E-state index contributed by atoms with van der Waals surface area (Å²) in [6, 6.07) is -4.01. The number of rotatable bonds is 10. The Morgan fingerprint density at radius 1 is 0.310 bits per heavy atom. The van der Waals surface area contributed by atoms with Gasteiger partial charge in [0.25, 0.3) is 5.92 Å². The van der Waals surface area contributed by atoms with Crippen LogP contribution < -0.4 is 28.7 Å². The predicted molar refractivity (Wildman–Crippen MR) is 250 cm³/mol. The Morgan fingerprint density at radius 2 is 0.521 bits per heavy atom. The summed E-state index contributed by atoms with van der Waals surface area (Å²) in [7, 11) is 14.4. The largest absolute Gasteiger partial charge is 0.391 e. The lowest BCUT2D eigenvalue weighted by molar-refractivity contribution is -0.229. The molecule has 17 N–H and O–H groups in total. The van der Waals surface area contributed by atoms with E-state index in [1.165, 1.54) is 78.0 Å². The van der Waals surface area contributed by atoms with Gasteiger partial charge >= 0.3 is 0 Å². The highest BCUT2D eigenvalue weighted by molar-refractivity contribution is 5.06. The van der Waals surface area contributed by atoms with Crippen molar-refractivity contribution in [3.05, 3.63) is 0 Å². The Labute approximate surface area is 416 Å². The van der Waals surface area contributed by atoms with E-state index in [1.54, 1.807) is 27.7 Å². The van der Waals surface area contributed by atoms with Crippen LogP contribution in [0, 0.1) is 29.6 Å². The third-order valence-electron chi connectivity index (χ3n) is 15.2. The van der Waals surface area contributed by atoms with Crippen molar-refractivity contribution in [2.24, 2.45) is 58.3 Å². The molecule has 0 aromatic rings. The lowest BCUT2D eigenvalue weighted by Gasteiger charge is -2.45. The van der Waals surface area contributed by atoms with Gasteiger partial charge in [-0.2, -0.15) is 0 Å². The van der Waals surface area contributed by atoms with Gasteiger partial charge in [-0.1, -0.05) is 34.6 Å². The van der Waals surface area contributed by atoms with Crippen molar-refractivity contribution in [2.75, 3.05) is 71.1 Å². The zero-order valence-electron chi connectivity index (χ0n) is 43.9. The fourth-order valence-corrected chi connectivity index (χ4v) is 10.0. The number of hydrogen-bond acceptors (Lipinski definition) is 22. The summed E-state index contributed by atoms with van der Waals surface area (Å²) in [6.45, 7) is 7.98. The molecule has 5 saturated carbocycles. The van der Waals surface area contributed by atoms with E-state index in [1.807, 2.05) is 0 Å². The molecular weight excluding hydrogens is 959 g/mol. The average Bonchev–Trinajstić information content (AvgIpc) is 3.36. The molecule has 0 spiro atoms. The first kappa shape index (κ1) is 67.9. The second-order valence-electron chi connectivity index (χ2n) is 19.1. The number of aliphatic hydroxyl groups excluding tert-OH is 7. The molecule has 0 saturated heterocycles. The molecule has 0 aromatic carbocycles. The van der Waals surface area contributed by atoms with Crippen LogP contribution in [0.1, 0.15) is 34.6 Å². The highest BCUT2D eigenvalue weighted by Crippen LogP contribution is 2.40. The Bertz CT molecular complexity index is 1230. The number of nitrogens with two attached hydrogens (primary N) is 5. The van der Waals surface area contributed by atoms with E-state index in [0.29, 0.717) is 0 Å². The second kappa shape index (κ2) is 30.5. The van der Waals surface area contributed by atoms with Crippen molar-refractivity contribution >= 4 is 0 Å². The molecule has 26 heteroatoms. The molecule has 5 rings (SSSR count). The Kier molecular flexibility index (Phi) is 29.2. The summed E-state index contributed by atoms with van der Waals surface area (Å²) in [5.74, 6) is -6.07. The number of ether oxygens (including phenoxy) is 10. The first-order valence-corrected chi connectivity index (χ1v) is 23.5. The minimum absolute atomic E-state index is 0.304. The summed E-state index contributed by atoms with van der Waals surface area (Å²) in [5, 5.41) is 68.1. The molecule has 426 valence electrons. The summed E-state index contributed by atoms with van der Waals surface area (Å²) >= 11 is 0. The molecule has 71 heavy (non-hydrogen) atoms. The van der Waals surface area contributed by atoms with Crippen LogP contribution in [0.15, 0.2) is 0 Å². The molecule has 0 amide bonds. The van der Waals surface area contributed by atoms with Crippen molar-refractivity contribution in [1.29, 1.82) is 0 Å². The lowest BCUT2D eigenvalue weighted by atomic mass is 9.77. The highest BCUT2D eigenvalue weighted by atomic mass is 19.3. The number of methoxy groups -OCH3 is 10. The van der Waals surface area contributed by atoms with Gasteiger partial charge in [-0.05, 0) is 0 Å². The minimum Gasteiger partial charge on any atom is -0.391 e. The molecule has 22 nitrogen and oxygen atoms in total. The summed E-state index contributed by atoms with van der Waals surface area (Å²) in [5.41, 5.74) is 28.3. The molecule has 29 atom stereocenters. The first-order chi connectivity index (χ1) is 33.0. The average molecular weight is 1050 g/mol. The van der Waals surface area contributed by atoms with Gasteiger partial charge < -0.3 is 112 Å². The van der Waals surface area contributed by atoms with Crippen LogP contribution in [-0.4, -0.2) is 259 Å². The maximum atomic E-state index is 13.6. The SMILES string of the molecule is CO[C@@H]1[C@@H](N)[C@@H](F)[C@@H](C)[C@H](O)[C@H]1OC.CO[C@@H]1[C@@H](N)[C@@H](O)[C@@H](C)[C@H](O)[C@H]1OC.CO[C@@H]1[C@@H](N)[C@H](F)[C@@H](C)[C@H](O)[C@H]1OC.CO[C@@H]1[C@@H](N)[C@H](O)[C@@H](C)[C@H](O)[C@H]1OC.CO[C@@H]1[C@@H](O)[C@H](C)C(F)(F)[C@H](N)[C@H]1OC. The summed E-state index contributed by atoms with van der Waals surface area (Å²) in [4.78, 5) is 0. The molecule has 0 heterocycles. The van der Waals surface area contributed by atoms with E-state index in [2.05, 4.69) is 0 Å². The van der Waals surface area contributed by atoms with E-state index in [9.17, 15) is 53.3 Å². The minimum atomic E-state index is -3.16. The van der Waals surface area contributed by atoms with Gasteiger partial charge in [0.2, 0.25) is 0 Å². The van der Waals surface area contributed by atoms with Gasteiger partial charge in [0.15, 0.2) is 0 Å². The number of aliphatic hydroxyl groups is 7. The number of halogens is 4. The van der Waals surface area contributed by atoms with Gasteiger partial charge in [-0.3, -0.25) is 0 Å². The van der Waals surface area contributed by atoms with Crippen molar-refractivity contribution in [3.8, 4) is 0 Å². The monoisotopic (exact) mass is 1050 g/mol. The van der Waals surface area contributed by atoms with Gasteiger partial charge in [0.1, 0.15) is 73.4 Å². The third kappa shape index (κ3) is 15.1. The number of hydrogen-bond donors (Lipinski definition) is 12. The lowest BCUT2D eigenvalue weighted by Crippen LogP contribution is -2.67. The fourth-order valence-electron chi connectivity index (χ4n) is 10.0. The third-order valence-corrected chi connectivity index (χ3v) is 15.2. The number of alkyl halides is 4. The maximum absolute atomic E-state index is 13.6. The van der Waals surface area contributed by atoms with E-state index in [4.69, 9.17) is 76.0 Å². The Balaban J connectivity index is 0.000000444. The van der Waals surface area contributed by atoms with Crippen molar-refractivity contribution < 1.29 is 101 Å². The molecule has 0 bridgehead atoms. The first-order valence-electron chi connectivity index (χ1n) is 23.5. The van der Waals surface area contributed by atoms with Gasteiger partial charge in [0, 0.05) is 94.8 Å². The van der Waals surface area contributed by atoms with E-state index < -0.39 is 170 Å². The molecule has 0 unspecified atom stereocenters. The van der Waals surface area contributed by atoms with Gasteiger partial charge in [-0.25, -0.2) is 17.6 Å². The molecule has 0 aromatic heterocycles. The summed E-state index contributed by atoms with van der Waals surface area (Å²) in [6.07, 6.45) is -14.6. The molecule has 5 aliphatic carbocycles. The highest BCUT2D eigenvalue weighted by Gasteiger charge is 2.59. The van der Waals surface area contributed by atoms with Crippen LogP contribution >= 0.6 is 0 Å². The normalized spacial score (nSPS) is 48.5. The van der Waals surface area contributed by atoms with E-state index in [0.717, 1.165) is 0 Å². The van der Waals surface area contributed by atoms with Crippen molar-refractivity contribution in [2.45, 2.75) is 187 Å². The zero-order chi connectivity index (χ0) is 55.3. The van der Waals surface area contributed by atoms with Gasteiger partial charge in [0.05, 0.1) is 78.9 Å². The molecule has 5 aliphatic rings. The summed E-state index contributed by atoms with van der Waals surface area (Å²) < 4.78 is 105. The van der Waals surface area contributed by atoms with Gasteiger partial charge in [-0.15, -0.1) is 0 Å². The Morgan fingerprint density at radius 3 is 0.761 bits per heavy atom. The topological polar surface area (TPSA) is 364 Å². The molecule has 0 radical (unpaired) electrons. The van der Waals surface area contributed by atoms with E-state index in [-0.39, 0.29) is 11.8 Å². The van der Waals surface area contributed by atoms with Crippen LogP contribution in [0.4, 0.5) is 17.6 Å². The zero-order valence-corrected chi connectivity index (χ0v) is 43.9. The van der Waals surface area contributed by atoms with Crippen LogP contribution in [0.25, 0.3) is 0 Å². The fraction of sp³-hybridized carbons (Fsp3) is 1.00. The quantitative estimate of drug-likeness (QED) is 0.0959. The predicted octanol–water partition coefficient (Wildman–Crippen LogP) is -3.20. The van der Waals surface area contributed by atoms with E-state index >= 15 is 0 Å². The van der Waals surface area contributed by atoms with Crippen LogP contribution in [-0.2, 0) is 47.4 Å². The van der Waals surface area contributed by atoms with Crippen LogP contribution in [0.3, 0.4) is 0 Å². The van der Waals surface area contributed by atoms with Crippen molar-refractivity contribution in [1.82, 2.24) is 0 Å². The van der Waals surface area contributed by atoms with Crippen LogP contribution in [0.5, 0.6) is 0 Å². The standard InChI is InChI=1S/C9H17F2NO3.2C9H18FNO3.2C9H19NO4/c1-4-5(13)6(14-2)7(15-3)8(12)9(4,10)11;2*1-4-5(10)6(11)8(13-2)9(14-3)7(4)12;2*1-4-6(11)5(10)8(13-2)9(14-3)7(4)12/h4-8,13H,12H2,1-3H3;2*4-9,12H,11H2,1-3H3;2*4-9,11-12H,10H2,1-3H3/t4-,5-,6+,7-,8+;4-,5+,6+,7+,8-,9-;4-,5-,6+,7+,8-,9-;4-,5+,6+,7+,8-,9-;4-,5+,6-,7+,8-,9-/m01111/s1. The molecule has 5 fully saturated rings. The van der Waals surface area contributed by atoms with Crippen molar-refractivity contribution in [3.63, 3.8) is 0 Å². The maximum Gasteiger partial charge on any atom is 0.270 e. The van der Waals surface area contributed by atoms with Crippen LogP contribution in [0.2, 0.25) is 0 Å². The Hall–Kier alpha value is -1.16.